The van der Waals surface area contributed by atoms with Crippen molar-refractivity contribution in [3.63, 3.8) is 0 Å². The summed E-state index contributed by atoms with van der Waals surface area (Å²) < 4.78 is 5.91. The van der Waals surface area contributed by atoms with Crippen LogP contribution in [-0.2, 0) is 17.9 Å². The van der Waals surface area contributed by atoms with Crippen LogP contribution in [0.5, 0.6) is 5.75 Å². The molecular weight excluding hydrogens is 302 g/mol. The van der Waals surface area contributed by atoms with Gasteiger partial charge in [-0.05, 0) is 24.0 Å². The van der Waals surface area contributed by atoms with Gasteiger partial charge in [0, 0.05) is 12.1 Å². The molecule has 4 heteroatoms. The number of para-hydroxylation sites is 1. The van der Waals surface area contributed by atoms with Crippen LogP contribution in [0.1, 0.15) is 31.4 Å². The SMILES string of the molecule is CC(C)CC(NCc1ccccc1OCc1ccccc1)C(=O)O. The summed E-state index contributed by atoms with van der Waals surface area (Å²) in [4.78, 5) is 11.4. The van der Waals surface area contributed by atoms with E-state index in [1.165, 1.54) is 0 Å². The number of hydrogen-bond donors (Lipinski definition) is 2. The lowest BCUT2D eigenvalue weighted by molar-refractivity contribution is -0.140. The molecule has 0 aliphatic carbocycles. The summed E-state index contributed by atoms with van der Waals surface area (Å²) in [5.74, 6) is 0.289. The number of aliphatic carboxylic acids is 1. The first kappa shape index (κ1) is 18.0. The molecule has 2 aromatic carbocycles. The van der Waals surface area contributed by atoms with Crippen LogP contribution in [0.25, 0.3) is 0 Å². The Kier molecular flexibility index (Phi) is 6.82. The van der Waals surface area contributed by atoms with Crippen LogP contribution in [0.4, 0.5) is 0 Å². The number of carboxylic acids is 1. The number of carbonyl (C=O) groups is 1. The van der Waals surface area contributed by atoms with Gasteiger partial charge in [-0.1, -0.05) is 62.4 Å². The fraction of sp³-hybridized carbons (Fsp3) is 0.350. The largest absolute Gasteiger partial charge is 0.489 e. The van der Waals surface area contributed by atoms with Crippen molar-refractivity contribution in [2.45, 2.75) is 39.5 Å². The minimum absolute atomic E-state index is 0.322. The lowest BCUT2D eigenvalue weighted by Gasteiger charge is -2.18. The van der Waals surface area contributed by atoms with E-state index in [0.717, 1.165) is 16.9 Å². The van der Waals surface area contributed by atoms with Gasteiger partial charge in [-0.2, -0.15) is 0 Å². The van der Waals surface area contributed by atoms with Gasteiger partial charge < -0.3 is 15.2 Å². The lowest BCUT2D eigenvalue weighted by Crippen LogP contribution is -2.37. The molecule has 1 unspecified atom stereocenters. The first-order chi connectivity index (χ1) is 11.6. The van der Waals surface area contributed by atoms with Crippen molar-refractivity contribution in [2.24, 2.45) is 5.92 Å². The quantitative estimate of drug-likeness (QED) is 0.734. The van der Waals surface area contributed by atoms with Crippen LogP contribution in [0.3, 0.4) is 0 Å². The molecule has 2 aromatic rings. The van der Waals surface area contributed by atoms with Gasteiger partial charge in [-0.3, -0.25) is 4.79 Å². The second-order valence-corrected chi connectivity index (χ2v) is 6.28. The summed E-state index contributed by atoms with van der Waals surface area (Å²) >= 11 is 0. The van der Waals surface area contributed by atoms with Crippen molar-refractivity contribution in [2.75, 3.05) is 0 Å². The van der Waals surface area contributed by atoms with Gasteiger partial charge in [0.05, 0.1) is 0 Å². The van der Waals surface area contributed by atoms with Crippen molar-refractivity contribution in [3.05, 3.63) is 65.7 Å². The summed E-state index contributed by atoms with van der Waals surface area (Å²) in [5.41, 5.74) is 2.06. The molecule has 0 aliphatic heterocycles. The molecular formula is C20H25NO3. The molecule has 0 saturated heterocycles. The Morgan fingerprint density at radius 1 is 1.08 bits per heavy atom. The van der Waals surface area contributed by atoms with Gasteiger partial charge in [0.25, 0.3) is 0 Å². The van der Waals surface area contributed by atoms with Crippen LogP contribution in [0.15, 0.2) is 54.6 Å². The van der Waals surface area contributed by atoms with Gasteiger partial charge in [0.1, 0.15) is 18.4 Å². The zero-order chi connectivity index (χ0) is 17.4. The number of benzene rings is 2. The summed E-state index contributed by atoms with van der Waals surface area (Å²) in [6.07, 6.45) is 0.600. The smallest absolute Gasteiger partial charge is 0.320 e. The van der Waals surface area contributed by atoms with Crippen LogP contribution in [-0.4, -0.2) is 17.1 Å². The van der Waals surface area contributed by atoms with E-state index < -0.39 is 12.0 Å². The monoisotopic (exact) mass is 327 g/mol. The molecule has 24 heavy (non-hydrogen) atoms. The minimum atomic E-state index is -0.814. The van der Waals surface area contributed by atoms with Crippen LogP contribution < -0.4 is 10.1 Å². The van der Waals surface area contributed by atoms with E-state index >= 15 is 0 Å². The Bertz CT molecular complexity index is 640. The molecule has 0 heterocycles. The molecule has 4 nitrogen and oxygen atoms in total. The topological polar surface area (TPSA) is 58.6 Å². The average Bonchev–Trinajstić information content (AvgIpc) is 2.58. The Hall–Kier alpha value is -2.33. The molecule has 2 rings (SSSR count). The van der Waals surface area contributed by atoms with Crippen molar-refractivity contribution >= 4 is 5.97 Å². The third-order valence-corrected chi connectivity index (χ3v) is 3.75. The highest BCUT2D eigenvalue weighted by Crippen LogP contribution is 2.20. The Morgan fingerprint density at radius 2 is 1.75 bits per heavy atom. The summed E-state index contributed by atoms with van der Waals surface area (Å²) in [7, 11) is 0. The molecule has 0 bridgehead atoms. The van der Waals surface area contributed by atoms with Crippen molar-refractivity contribution in [1.82, 2.24) is 5.32 Å². The molecule has 0 aromatic heterocycles. The molecule has 0 fully saturated rings. The minimum Gasteiger partial charge on any atom is -0.489 e. The Balaban J connectivity index is 1.98. The standard InChI is InChI=1S/C20H25NO3/c1-15(2)12-18(20(22)23)21-13-17-10-6-7-11-19(17)24-14-16-8-4-3-5-9-16/h3-11,15,18,21H,12-14H2,1-2H3,(H,22,23). The fourth-order valence-electron chi connectivity index (χ4n) is 2.50. The van der Waals surface area contributed by atoms with E-state index in [0.29, 0.717) is 25.5 Å². The summed E-state index contributed by atoms with van der Waals surface area (Å²) in [5, 5.41) is 12.5. The molecule has 1 atom stereocenters. The predicted octanol–water partition coefficient (Wildman–Crippen LogP) is 3.85. The van der Waals surface area contributed by atoms with Crippen LogP contribution in [0, 0.1) is 5.92 Å². The third kappa shape index (κ3) is 5.70. The van der Waals surface area contributed by atoms with E-state index in [2.05, 4.69) is 5.32 Å². The Labute approximate surface area is 143 Å². The zero-order valence-corrected chi connectivity index (χ0v) is 14.2. The van der Waals surface area contributed by atoms with Crippen molar-refractivity contribution in [3.8, 4) is 5.75 Å². The normalized spacial score (nSPS) is 12.1. The predicted molar refractivity (Wildman–Crippen MR) is 94.9 cm³/mol. The number of rotatable bonds is 9. The molecule has 2 N–H and O–H groups in total. The van der Waals surface area contributed by atoms with Gasteiger partial charge >= 0.3 is 5.97 Å². The molecule has 0 spiro atoms. The number of carboxylic acid groups (broad SMARTS) is 1. The second kappa shape index (κ2) is 9.08. The zero-order valence-electron chi connectivity index (χ0n) is 14.2. The van der Waals surface area contributed by atoms with Gasteiger partial charge in [-0.25, -0.2) is 0 Å². The van der Waals surface area contributed by atoms with Crippen molar-refractivity contribution < 1.29 is 14.6 Å². The second-order valence-electron chi connectivity index (χ2n) is 6.28. The average molecular weight is 327 g/mol. The highest BCUT2D eigenvalue weighted by Gasteiger charge is 2.18. The maximum absolute atomic E-state index is 11.4. The van der Waals surface area contributed by atoms with E-state index in [-0.39, 0.29) is 0 Å². The highest BCUT2D eigenvalue weighted by molar-refractivity contribution is 5.73. The Morgan fingerprint density at radius 3 is 2.42 bits per heavy atom. The van der Waals surface area contributed by atoms with Crippen LogP contribution in [0.2, 0.25) is 0 Å². The third-order valence-electron chi connectivity index (χ3n) is 3.75. The maximum atomic E-state index is 11.4. The van der Waals surface area contributed by atoms with Crippen molar-refractivity contribution in [1.29, 1.82) is 0 Å². The maximum Gasteiger partial charge on any atom is 0.320 e. The first-order valence-corrected chi connectivity index (χ1v) is 8.27. The molecule has 0 aliphatic rings. The lowest BCUT2D eigenvalue weighted by atomic mass is 10.0. The molecule has 128 valence electrons. The summed E-state index contributed by atoms with van der Waals surface area (Å²) in [6.45, 7) is 5.00. The number of nitrogens with one attached hydrogen (secondary N) is 1. The van der Waals surface area contributed by atoms with E-state index in [1.807, 2.05) is 68.4 Å². The number of ether oxygens (including phenoxy) is 1. The van der Waals surface area contributed by atoms with Crippen LogP contribution >= 0.6 is 0 Å². The van der Waals surface area contributed by atoms with Gasteiger partial charge in [-0.15, -0.1) is 0 Å². The van der Waals surface area contributed by atoms with Gasteiger partial charge in [0.2, 0.25) is 0 Å². The van der Waals surface area contributed by atoms with E-state index in [4.69, 9.17) is 4.74 Å². The number of hydrogen-bond acceptors (Lipinski definition) is 3. The highest BCUT2D eigenvalue weighted by atomic mass is 16.5. The summed E-state index contributed by atoms with van der Waals surface area (Å²) in [6, 6.07) is 17.2. The molecule has 0 amide bonds. The molecule has 0 saturated carbocycles. The van der Waals surface area contributed by atoms with E-state index in [9.17, 15) is 9.90 Å². The van der Waals surface area contributed by atoms with Gasteiger partial charge in [0.15, 0.2) is 0 Å². The fourth-order valence-corrected chi connectivity index (χ4v) is 2.50. The first-order valence-electron chi connectivity index (χ1n) is 8.27. The molecule has 0 radical (unpaired) electrons. The van der Waals surface area contributed by atoms with E-state index in [1.54, 1.807) is 0 Å².